The molecule has 40 heavy (non-hydrogen) atoms. The van der Waals surface area contributed by atoms with E-state index in [2.05, 4.69) is 20.1 Å². The molecule has 0 unspecified atom stereocenters. The van der Waals surface area contributed by atoms with Gasteiger partial charge in [0.1, 0.15) is 48.7 Å². The van der Waals surface area contributed by atoms with Crippen molar-refractivity contribution in [3.63, 3.8) is 0 Å². The van der Waals surface area contributed by atoms with Crippen LogP contribution in [0, 0.1) is 0 Å². The highest BCUT2D eigenvalue weighted by molar-refractivity contribution is 8.76. The molecule has 12 N–H and O–H groups in total. The third kappa shape index (κ3) is 12.0. The first-order chi connectivity index (χ1) is 18.7. The molecular formula is C20H36N2O16S2. The van der Waals surface area contributed by atoms with Gasteiger partial charge in [0.25, 0.3) is 11.8 Å². The zero-order valence-electron chi connectivity index (χ0n) is 21.3. The van der Waals surface area contributed by atoms with E-state index in [1.54, 1.807) is 0 Å². The van der Waals surface area contributed by atoms with Crippen LogP contribution in [0.2, 0.25) is 0 Å². The Morgan fingerprint density at radius 2 is 0.900 bits per heavy atom. The molecule has 0 aromatic rings. The predicted molar refractivity (Wildman–Crippen MR) is 135 cm³/mol. The van der Waals surface area contributed by atoms with E-state index in [0.29, 0.717) is 0 Å². The van der Waals surface area contributed by atoms with E-state index >= 15 is 0 Å². The fraction of sp³-hybridized carbons (Fsp3) is 0.800. The highest BCUT2D eigenvalue weighted by atomic mass is 33.1. The third-order valence-corrected chi connectivity index (χ3v) is 7.63. The molecule has 2 amide bonds. The summed E-state index contributed by atoms with van der Waals surface area (Å²) < 4.78 is 9.11. The quantitative estimate of drug-likeness (QED) is 0.0360. The number of hydrogen-bond acceptors (Lipinski definition) is 18. The Bertz CT molecular complexity index is 746. The molecule has 20 heteroatoms. The number of rotatable bonds is 19. The van der Waals surface area contributed by atoms with Crippen molar-refractivity contribution in [1.82, 2.24) is 10.6 Å². The Morgan fingerprint density at radius 3 is 1.15 bits per heavy atom. The van der Waals surface area contributed by atoms with Crippen molar-refractivity contribution in [2.75, 3.05) is 38.9 Å². The molecule has 0 rings (SSSR count). The minimum absolute atomic E-state index is 0.262. The summed E-state index contributed by atoms with van der Waals surface area (Å²) in [5, 5.41) is 99.3. The summed E-state index contributed by atoms with van der Waals surface area (Å²) in [6, 6.07) is -2.86. The maximum atomic E-state index is 12.2. The Balaban J connectivity index is 5.16. The van der Waals surface area contributed by atoms with E-state index < -0.39 is 97.9 Å². The second-order valence-electron chi connectivity index (χ2n) is 8.09. The van der Waals surface area contributed by atoms with Gasteiger partial charge in [0.2, 0.25) is 0 Å². The summed E-state index contributed by atoms with van der Waals surface area (Å²) in [6.07, 6.45) is -17.0. The van der Waals surface area contributed by atoms with Gasteiger partial charge < -0.3 is 71.2 Å². The van der Waals surface area contributed by atoms with Crippen molar-refractivity contribution in [2.24, 2.45) is 0 Å². The molecule has 0 aromatic heterocycles. The normalized spacial score (nSPS) is 19.0. The number of aliphatic hydroxyl groups excluding tert-OH is 10. The number of nitrogens with one attached hydrogen (secondary N) is 2. The van der Waals surface area contributed by atoms with Crippen LogP contribution < -0.4 is 10.6 Å². The van der Waals surface area contributed by atoms with Gasteiger partial charge in [-0.05, 0) is 0 Å². The van der Waals surface area contributed by atoms with E-state index in [1.165, 1.54) is 0 Å². The zero-order valence-corrected chi connectivity index (χ0v) is 23.0. The largest absolute Gasteiger partial charge is 0.467 e. The zero-order chi connectivity index (χ0) is 31.2. The van der Waals surface area contributed by atoms with Crippen molar-refractivity contribution < 1.29 is 79.7 Å². The maximum Gasteiger partial charge on any atom is 0.329 e. The van der Waals surface area contributed by atoms with Gasteiger partial charge in [-0.3, -0.25) is 9.59 Å². The highest BCUT2D eigenvalue weighted by Crippen LogP contribution is 2.24. The molecule has 0 aromatic carbocycles. The summed E-state index contributed by atoms with van der Waals surface area (Å²) in [5.74, 6) is -5.17. The number of methoxy groups -OCH3 is 2. The number of esters is 2. The average molecular weight is 625 g/mol. The lowest BCUT2D eigenvalue weighted by Crippen LogP contribution is -2.55. The standard InChI is InChI=1S/C20H36N2O16S2/c1-37-19(35)7(21-17(33)15(31)13(29)11(27)9(25)3-23)5-39-40-6-8(20(36)38-2)22-18(34)16(32)14(30)12(28)10(26)4-24/h7-16,23-32H,3-6H2,1-2H3,(H,21,33)(H,22,34)/t7-,8-,9-,10-,11+,12+,13+,14+,15+,16+/m0/s1. The molecule has 0 saturated heterocycles. The van der Waals surface area contributed by atoms with Crippen LogP contribution in [0.1, 0.15) is 0 Å². The SMILES string of the molecule is COC(=O)[C@H](CSSC[C@H](NC(=O)[C@H](O)[C@H](O)[C@H](O)[C@@H](O)CO)C(=O)OC)NC(=O)[C@H](O)[C@H](O)[C@H](O)[C@@H](O)CO. The fourth-order valence-electron chi connectivity index (χ4n) is 2.72. The van der Waals surface area contributed by atoms with Crippen LogP contribution in [0.4, 0.5) is 0 Å². The van der Waals surface area contributed by atoms with Gasteiger partial charge in [0.15, 0.2) is 12.2 Å². The van der Waals surface area contributed by atoms with Gasteiger partial charge in [-0.15, -0.1) is 0 Å². The van der Waals surface area contributed by atoms with Crippen LogP contribution in [0.25, 0.3) is 0 Å². The molecular weight excluding hydrogens is 588 g/mol. The van der Waals surface area contributed by atoms with Crippen LogP contribution in [0.5, 0.6) is 0 Å². The number of carbonyl (C=O) groups excluding carboxylic acids is 4. The van der Waals surface area contributed by atoms with E-state index in [9.17, 15) is 60.0 Å². The number of amides is 2. The molecule has 0 aliphatic carbocycles. The van der Waals surface area contributed by atoms with Crippen molar-refractivity contribution in [3.8, 4) is 0 Å². The number of ether oxygens (including phenoxy) is 2. The van der Waals surface area contributed by atoms with Gasteiger partial charge >= 0.3 is 11.9 Å². The molecule has 0 radical (unpaired) electrons. The molecule has 234 valence electrons. The minimum Gasteiger partial charge on any atom is -0.467 e. The Labute approximate surface area is 235 Å². The molecule has 0 spiro atoms. The third-order valence-electron chi connectivity index (χ3n) is 5.20. The lowest BCUT2D eigenvalue weighted by atomic mass is 10.0. The smallest absolute Gasteiger partial charge is 0.329 e. The second kappa shape index (κ2) is 19.3. The summed E-state index contributed by atoms with van der Waals surface area (Å²) in [5.41, 5.74) is 0. The predicted octanol–water partition coefficient (Wildman–Crippen LogP) is -7.44. The number of carbonyl (C=O) groups is 4. The van der Waals surface area contributed by atoms with Crippen molar-refractivity contribution >= 4 is 45.3 Å². The average Bonchev–Trinajstić information content (AvgIpc) is 2.97. The molecule has 0 aliphatic rings. The number of hydrogen-bond donors (Lipinski definition) is 12. The summed E-state index contributed by atoms with van der Waals surface area (Å²) in [6.45, 7) is -1.96. The lowest BCUT2D eigenvalue weighted by molar-refractivity contribution is -0.153. The highest BCUT2D eigenvalue weighted by Gasteiger charge is 2.37. The molecule has 0 aliphatic heterocycles. The summed E-state index contributed by atoms with van der Waals surface area (Å²) in [7, 11) is 3.69. The van der Waals surface area contributed by atoms with Gasteiger partial charge in [-0.2, -0.15) is 0 Å². The fourth-order valence-corrected chi connectivity index (χ4v) is 5.02. The topological polar surface area (TPSA) is 313 Å². The minimum atomic E-state index is -2.32. The van der Waals surface area contributed by atoms with E-state index in [1.807, 2.05) is 0 Å². The first kappa shape index (κ1) is 38.2. The van der Waals surface area contributed by atoms with E-state index in [4.69, 9.17) is 10.2 Å². The maximum absolute atomic E-state index is 12.2. The van der Waals surface area contributed by atoms with Crippen LogP contribution >= 0.6 is 21.6 Å². The molecule has 0 saturated carbocycles. The first-order valence-electron chi connectivity index (χ1n) is 11.3. The van der Waals surface area contributed by atoms with Crippen molar-refractivity contribution in [2.45, 2.75) is 60.9 Å². The monoisotopic (exact) mass is 624 g/mol. The lowest BCUT2D eigenvalue weighted by Gasteiger charge is -2.26. The van der Waals surface area contributed by atoms with E-state index in [0.717, 1.165) is 35.8 Å². The van der Waals surface area contributed by atoms with Crippen molar-refractivity contribution in [3.05, 3.63) is 0 Å². The number of aliphatic hydroxyl groups is 10. The molecule has 10 atom stereocenters. The van der Waals surface area contributed by atoms with E-state index in [-0.39, 0.29) is 11.5 Å². The molecule has 18 nitrogen and oxygen atoms in total. The Hall–Kier alpha value is -1.82. The summed E-state index contributed by atoms with van der Waals surface area (Å²) in [4.78, 5) is 48.6. The molecule has 0 heterocycles. The molecule has 0 bridgehead atoms. The Morgan fingerprint density at radius 1 is 0.600 bits per heavy atom. The van der Waals surface area contributed by atoms with Crippen LogP contribution in [0.15, 0.2) is 0 Å². The Kier molecular flexibility index (Phi) is 18.4. The first-order valence-corrected chi connectivity index (χ1v) is 13.8. The van der Waals surface area contributed by atoms with Gasteiger partial charge in [0.05, 0.1) is 27.4 Å². The van der Waals surface area contributed by atoms with Gasteiger partial charge in [0, 0.05) is 11.5 Å². The van der Waals surface area contributed by atoms with Crippen molar-refractivity contribution in [1.29, 1.82) is 0 Å². The van der Waals surface area contributed by atoms with Crippen LogP contribution in [-0.2, 0) is 28.7 Å². The summed E-state index contributed by atoms with van der Waals surface area (Å²) >= 11 is 0. The second-order valence-corrected chi connectivity index (χ2v) is 10.6. The van der Waals surface area contributed by atoms with Gasteiger partial charge in [-0.1, -0.05) is 21.6 Å². The van der Waals surface area contributed by atoms with Gasteiger partial charge in [-0.25, -0.2) is 9.59 Å². The van der Waals surface area contributed by atoms with Crippen LogP contribution in [0.3, 0.4) is 0 Å². The molecule has 0 fully saturated rings. The van der Waals surface area contributed by atoms with Crippen LogP contribution in [-0.4, -0.2) is 175 Å².